The molecule has 0 spiro atoms. The summed E-state index contributed by atoms with van der Waals surface area (Å²) in [5.41, 5.74) is 2.24. The molecule has 0 unspecified atom stereocenters. The molecule has 0 saturated heterocycles. The van der Waals surface area contributed by atoms with Gasteiger partial charge >= 0.3 is 0 Å². The molecule has 2 rings (SSSR count). The van der Waals surface area contributed by atoms with E-state index in [4.69, 9.17) is 0 Å². The summed E-state index contributed by atoms with van der Waals surface area (Å²) in [6.45, 7) is 2.03. The Morgan fingerprint density at radius 2 is 2.06 bits per heavy atom. The molecule has 2 N–H and O–H groups in total. The molecule has 0 aliphatic heterocycles. The SMILES string of the molecule is Cc1cccc(CC(=O)NC2CCC(O)CC2)c1. The normalized spacial score (nSPS) is 23.7. The van der Waals surface area contributed by atoms with Gasteiger partial charge in [0.2, 0.25) is 5.91 Å². The van der Waals surface area contributed by atoms with Crippen LogP contribution in [0.25, 0.3) is 0 Å². The molecule has 1 aromatic carbocycles. The number of carbonyl (C=O) groups excluding carboxylic acids is 1. The van der Waals surface area contributed by atoms with Gasteiger partial charge in [-0.15, -0.1) is 0 Å². The van der Waals surface area contributed by atoms with Crippen LogP contribution >= 0.6 is 0 Å². The summed E-state index contributed by atoms with van der Waals surface area (Å²) >= 11 is 0. The number of aliphatic hydroxyl groups is 1. The maximum atomic E-state index is 11.9. The van der Waals surface area contributed by atoms with E-state index in [-0.39, 0.29) is 18.1 Å². The van der Waals surface area contributed by atoms with Gasteiger partial charge in [-0.3, -0.25) is 4.79 Å². The van der Waals surface area contributed by atoms with Crippen LogP contribution in [0.5, 0.6) is 0 Å². The number of carbonyl (C=O) groups is 1. The third kappa shape index (κ3) is 3.84. The van der Waals surface area contributed by atoms with Crippen molar-refractivity contribution in [3.05, 3.63) is 35.4 Å². The summed E-state index contributed by atoms with van der Waals surface area (Å²) in [5, 5.41) is 12.5. The quantitative estimate of drug-likeness (QED) is 0.857. The van der Waals surface area contributed by atoms with Crippen LogP contribution in [-0.4, -0.2) is 23.2 Å². The molecule has 1 fully saturated rings. The lowest BCUT2D eigenvalue weighted by molar-refractivity contribution is -0.121. The zero-order chi connectivity index (χ0) is 13.0. The minimum absolute atomic E-state index is 0.0852. The smallest absolute Gasteiger partial charge is 0.224 e. The first-order valence-corrected chi connectivity index (χ1v) is 6.66. The van der Waals surface area contributed by atoms with Gasteiger partial charge in [-0.05, 0) is 38.2 Å². The lowest BCUT2D eigenvalue weighted by Gasteiger charge is -2.26. The van der Waals surface area contributed by atoms with Crippen LogP contribution in [-0.2, 0) is 11.2 Å². The second-order valence-electron chi connectivity index (χ2n) is 5.24. The van der Waals surface area contributed by atoms with Crippen molar-refractivity contribution in [2.24, 2.45) is 0 Å². The summed E-state index contributed by atoms with van der Waals surface area (Å²) in [5.74, 6) is 0.0852. The predicted molar refractivity (Wildman–Crippen MR) is 71.3 cm³/mol. The Hall–Kier alpha value is -1.35. The molecule has 1 aromatic rings. The lowest BCUT2D eigenvalue weighted by Crippen LogP contribution is -2.39. The summed E-state index contributed by atoms with van der Waals surface area (Å²) in [4.78, 5) is 11.9. The van der Waals surface area contributed by atoms with Gasteiger partial charge in [0.05, 0.1) is 12.5 Å². The Labute approximate surface area is 108 Å². The molecule has 3 heteroatoms. The first kappa shape index (κ1) is 13.1. The minimum Gasteiger partial charge on any atom is -0.393 e. The van der Waals surface area contributed by atoms with E-state index in [9.17, 15) is 9.90 Å². The molecule has 0 radical (unpaired) electrons. The molecule has 0 bridgehead atoms. The van der Waals surface area contributed by atoms with Gasteiger partial charge in [0, 0.05) is 6.04 Å². The zero-order valence-electron chi connectivity index (χ0n) is 10.9. The summed E-state index contributed by atoms with van der Waals surface area (Å²) < 4.78 is 0. The molecule has 1 aliphatic rings. The van der Waals surface area contributed by atoms with Gasteiger partial charge in [0.1, 0.15) is 0 Å². The van der Waals surface area contributed by atoms with Crippen molar-refractivity contribution in [2.75, 3.05) is 0 Å². The first-order valence-electron chi connectivity index (χ1n) is 6.66. The zero-order valence-corrected chi connectivity index (χ0v) is 10.9. The van der Waals surface area contributed by atoms with Crippen LogP contribution in [0.4, 0.5) is 0 Å². The van der Waals surface area contributed by atoms with E-state index in [1.54, 1.807) is 0 Å². The van der Waals surface area contributed by atoms with Gasteiger partial charge in [-0.2, -0.15) is 0 Å². The number of hydrogen-bond acceptors (Lipinski definition) is 2. The van der Waals surface area contributed by atoms with E-state index < -0.39 is 0 Å². The third-order valence-electron chi connectivity index (χ3n) is 3.51. The number of hydrogen-bond donors (Lipinski definition) is 2. The van der Waals surface area contributed by atoms with E-state index >= 15 is 0 Å². The van der Waals surface area contributed by atoms with Crippen LogP contribution in [0.1, 0.15) is 36.8 Å². The van der Waals surface area contributed by atoms with E-state index in [1.807, 2.05) is 31.2 Å². The molecule has 1 aliphatic carbocycles. The van der Waals surface area contributed by atoms with Crippen LogP contribution < -0.4 is 5.32 Å². The first-order chi connectivity index (χ1) is 8.63. The Morgan fingerprint density at radius 3 is 2.72 bits per heavy atom. The van der Waals surface area contributed by atoms with Crippen molar-refractivity contribution in [3.8, 4) is 0 Å². The molecule has 0 heterocycles. The molecule has 1 amide bonds. The average molecular weight is 247 g/mol. The number of amides is 1. The molecular formula is C15H21NO2. The van der Waals surface area contributed by atoms with Crippen molar-refractivity contribution in [3.63, 3.8) is 0 Å². The van der Waals surface area contributed by atoms with Crippen LogP contribution in [0.2, 0.25) is 0 Å². The highest BCUT2D eigenvalue weighted by atomic mass is 16.3. The fraction of sp³-hybridized carbons (Fsp3) is 0.533. The molecule has 18 heavy (non-hydrogen) atoms. The maximum Gasteiger partial charge on any atom is 0.224 e. The van der Waals surface area contributed by atoms with E-state index in [0.717, 1.165) is 31.2 Å². The summed E-state index contributed by atoms with van der Waals surface area (Å²) in [7, 11) is 0. The van der Waals surface area contributed by atoms with Crippen molar-refractivity contribution in [2.45, 2.75) is 51.2 Å². The number of aryl methyl sites for hydroxylation is 1. The van der Waals surface area contributed by atoms with E-state index in [0.29, 0.717) is 6.42 Å². The van der Waals surface area contributed by atoms with Gasteiger partial charge in [-0.1, -0.05) is 29.8 Å². The Bertz CT molecular complexity index is 409. The van der Waals surface area contributed by atoms with E-state index in [2.05, 4.69) is 5.32 Å². The van der Waals surface area contributed by atoms with Crippen LogP contribution in [0.3, 0.4) is 0 Å². The molecule has 1 saturated carbocycles. The maximum absolute atomic E-state index is 11.9. The number of rotatable bonds is 3. The summed E-state index contributed by atoms with van der Waals surface area (Å²) in [6, 6.07) is 8.28. The largest absolute Gasteiger partial charge is 0.393 e. The third-order valence-corrected chi connectivity index (χ3v) is 3.51. The van der Waals surface area contributed by atoms with Crippen LogP contribution in [0, 0.1) is 6.92 Å². The number of nitrogens with one attached hydrogen (secondary N) is 1. The van der Waals surface area contributed by atoms with Gasteiger partial charge in [0.25, 0.3) is 0 Å². The van der Waals surface area contributed by atoms with Crippen LogP contribution in [0.15, 0.2) is 24.3 Å². The lowest BCUT2D eigenvalue weighted by atomic mass is 9.93. The Morgan fingerprint density at radius 1 is 1.33 bits per heavy atom. The fourth-order valence-corrected chi connectivity index (χ4v) is 2.51. The molecule has 3 nitrogen and oxygen atoms in total. The highest BCUT2D eigenvalue weighted by Gasteiger charge is 2.20. The Kier molecular flexibility index (Phi) is 4.37. The highest BCUT2D eigenvalue weighted by Crippen LogP contribution is 2.18. The van der Waals surface area contributed by atoms with Crippen molar-refractivity contribution in [1.29, 1.82) is 0 Å². The van der Waals surface area contributed by atoms with Gasteiger partial charge in [-0.25, -0.2) is 0 Å². The monoisotopic (exact) mass is 247 g/mol. The summed E-state index contributed by atoms with van der Waals surface area (Å²) in [6.07, 6.45) is 3.65. The number of aliphatic hydroxyl groups excluding tert-OH is 1. The minimum atomic E-state index is -0.171. The molecule has 0 aromatic heterocycles. The van der Waals surface area contributed by atoms with E-state index in [1.165, 1.54) is 5.56 Å². The van der Waals surface area contributed by atoms with Crippen molar-refractivity contribution < 1.29 is 9.90 Å². The van der Waals surface area contributed by atoms with Gasteiger partial charge in [0.15, 0.2) is 0 Å². The Balaban J connectivity index is 1.82. The second kappa shape index (κ2) is 6.01. The molecule has 98 valence electrons. The number of benzene rings is 1. The highest BCUT2D eigenvalue weighted by molar-refractivity contribution is 5.78. The van der Waals surface area contributed by atoms with Crippen molar-refractivity contribution >= 4 is 5.91 Å². The average Bonchev–Trinajstić information content (AvgIpc) is 2.32. The predicted octanol–water partition coefficient (Wildman–Crippen LogP) is 1.96. The topological polar surface area (TPSA) is 49.3 Å². The van der Waals surface area contributed by atoms with Crippen molar-refractivity contribution in [1.82, 2.24) is 5.32 Å². The standard InChI is InChI=1S/C15H21NO2/c1-11-3-2-4-12(9-11)10-15(18)16-13-5-7-14(17)8-6-13/h2-4,9,13-14,17H,5-8,10H2,1H3,(H,16,18). The fourth-order valence-electron chi connectivity index (χ4n) is 2.51. The second-order valence-corrected chi connectivity index (χ2v) is 5.24. The van der Waals surface area contributed by atoms with Gasteiger partial charge < -0.3 is 10.4 Å². The molecule has 0 atom stereocenters. The molecular weight excluding hydrogens is 226 g/mol.